The number of rotatable bonds is 7. The first-order chi connectivity index (χ1) is 20.9. The van der Waals surface area contributed by atoms with Crippen LogP contribution in [0.1, 0.15) is 45.2 Å². The fourth-order valence-electron chi connectivity index (χ4n) is 6.09. The van der Waals surface area contributed by atoms with E-state index in [1.54, 1.807) is 18.4 Å². The van der Waals surface area contributed by atoms with E-state index in [2.05, 4.69) is 62.2 Å². The summed E-state index contributed by atoms with van der Waals surface area (Å²) in [7, 11) is 3.60. The van der Waals surface area contributed by atoms with Crippen molar-refractivity contribution in [1.29, 1.82) is 0 Å². The van der Waals surface area contributed by atoms with Crippen LogP contribution in [0.5, 0.6) is 6.01 Å². The number of methoxy groups -OCH3 is 1. The van der Waals surface area contributed by atoms with Crippen LogP contribution in [0.2, 0.25) is 5.02 Å². The summed E-state index contributed by atoms with van der Waals surface area (Å²) in [4.78, 5) is 18.1. The number of ether oxygens (including phenoxy) is 2. The summed E-state index contributed by atoms with van der Waals surface area (Å²) in [6, 6.07) is 8.81. The molecular weight excluding hydrogens is 578 g/mol. The Morgan fingerprint density at radius 1 is 1.23 bits per heavy atom. The largest absolute Gasteiger partial charge is 0.467 e. The molecule has 1 fully saturated rings. The van der Waals surface area contributed by atoms with E-state index in [0.29, 0.717) is 18.5 Å². The molecule has 0 radical (unpaired) electrons. The van der Waals surface area contributed by atoms with Crippen LogP contribution in [0.15, 0.2) is 36.0 Å². The Balaban J connectivity index is 1.74. The lowest BCUT2D eigenvalue weighted by Crippen LogP contribution is -2.30. The second-order valence-electron chi connectivity index (χ2n) is 11.3. The minimum Gasteiger partial charge on any atom is -0.467 e. The van der Waals surface area contributed by atoms with Crippen LogP contribution in [0.3, 0.4) is 0 Å². The molecule has 1 aliphatic heterocycles. The van der Waals surface area contributed by atoms with Crippen molar-refractivity contribution in [2.45, 2.75) is 40.5 Å². The Labute approximate surface area is 261 Å². The summed E-state index contributed by atoms with van der Waals surface area (Å²) < 4.78 is 12.6. The van der Waals surface area contributed by atoms with Crippen molar-refractivity contribution in [3.63, 3.8) is 0 Å². The van der Waals surface area contributed by atoms with E-state index < -0.39 is 0 Å². The van der Waals surface area contributed by atoms with Gasteiger partial charge in [-0.05, 0) is 60.2 Å². The molecule has 0 aliphatic carbocycles. The number of fused-ring (bicyclic) bond motifs is 4. The molecule has 3 aromatic heterocycles. The van der Waals surface area contributed by atoms with Crippen molar-refractivity contribution in [2.24, 2.45) is 5.92 Å². The monoisotopic (exact) mass is 615 g/mol. The highest BCUT2D eigenvalue weighted by molar-refractivity contribution is 7.26. The summed E-state index contributed by atoms with van der Waals surface area (Å²) in [5.74, 6) is 1.26. The lowest BCUT2D eigenvalue weighted by molar-refractivity contribution is 0.129. The van der Waals surface area contributed by atoms with Crippen molar-refractivity contribution in [3.05, 3.63) is 52.2 Å². The molecule has 0 bridgehead atoms. The Bertz CT molecular complexity index is 1870. The van der Waals surface area contributed by atoms with Crippen molar-refractivity contribution >= 4 is 71.6 Å². The lowest BCUT2D eigenvalue weighted by atomic mass is 9.89. The predicted molar refractivity (Wildman–Crippen MR) is 182 cm³/mol. The van der Waals surface area contributed by atoms with E-state index in [1.807, 2.05) is 19.3 Å². The van der Waals surface area contributed by atoms with Crippen LogP contribution < -0.4 is 15.0 Å². The molecule has 0 spiro atoms. The number of anilines is 2. The third kappa shape index (κ3) is 5.30. The maximum Gasteiger partial charge on any atom is 0.319 e. The van der Waals surface area contributed by atoms with Gasteiger partial charge in [-0.15, -0.1) is 11.3 Å². The summed E-state index contributed by atoms with van der Waals surface area (Å²) in [5, 5.41) is 8.64. The van der Waals surface area contributed by atoms with Gasteiger partial charge < -0.3 is 19.7 Å². The molecule has 7 nitrogen and oxygen atoms in total. The van der Waals surface area contributed by atoms with Gasteiger partial charge in [-0.3, -0.25) is 4.98 Å². The maximum atomic E-state index is 6.87. The first-order valence-corrected chi connectivity index (χ1v) is 16.2. The first kappa shape index (κ1) is 29.6. The highest BCUT2D eigenvalue weighted by Crippen LogP contribution is 2.47. The summed E-state index contributed by atoms with van der Waals surface area (Å²) in [6.07, 6.45) is 5.97. The Morgan fingerprint density at radius 3 is 2.81 bits per heavy atom. The minimum absolute atomic E-state index is 0.367. The van der Waals surface area contributed by atoms with Gasteiger partial charge in [0.05, 0.1) is 36.1 Å². The van der Waals surface area contributed by atoms with Gasteiger partial charge in [0.25, 0.3) is 0 Å². The maximum absolute atomic E-state index is 6.87. The zero-order chi connectivity index (χ0) is 30.2. The quantitative estimate of drug-likeness (QED) is 0.196. The summed E-state index contributed by atoms with van der Waals surface area (Å²) in [5.41, 5.74) is 6.60. The number of hydrogen-bond donors (Lipinski definition) is 1. The van der Waals surface area contributed by atoms with E-state index >= 15 is 0 Å². The normalized spacial score (nSPS) is 16.3. The van der Waals surface area contributed by atoms with Crippen molar-refractivity contribution < 1.29 is 9.47 Å². The van der Waals surface area contributed by atoms with Crippen LogP contribution in [0.4, 0.5) is 11.5 Å². The number of pyridine rings is 1. The third-order valence-corrected chi connectivity index (χ3v) is 9.80. The topological polar surface area (TPSA) is 72.4 Å². The summed E-state index contributed by atoms with van der Waals surface area (Å²) in [6.45, 7) is 11.7. The molecule has 1 aliphatic rings. The molecule has 4 heterocycles. The molecule has 224 valence electrons. The summed E-state index contributed by atoms with van der Waals surface area (Å²) >= 11 is 8.52. The zero-order valence-electron chi connectivity index (χ0n) is 25.7. The Kier molecular flexibility index (Phi) is 8.45. The molecule has 1 atom stereocenters. The standard InChI is InChI=1S/C34H38ClN5O2S/c1-7-19(3)15-24-26(36-5)16-21-9-10-25(35)22(8-2)27(21)28(24)30-31-23(11-12-37-30)29-32(38-34(41-6)39-33(29)43-31)40-13-14-42-18-20(4)17-40/h9-12,15-16,20,36H,7-8,13-14,17-18H2,1-6H3/b19-15+/t20-/m1/s1. The number of allylic oxidation sites excluding steroid dienone is 1. The zero-order valence-corrected chi connectivity index (χ0v) is 27.2. The van der Waals surface area contributed by atoms with Crippen LogP contribution in [-0.2, 0) is 11.2 Å². The Hall–Kier alpha value is -3.46. The number of nitrogens with one attached hydrogen (secondary N) is 1. The van der Waals surface area contributed by atoms with Gasteiger partial charge in [0.15, 0.2) is 0 Å². The van der Waals surface area contributed by atoms with Crippen LogP contribution in [-0.4, -0.2) is 55.4 Å². The molecule has 2 aromatic carbocycles. The minimum atomic E-state index is 0.367. The van der Waals surface area contributed by atoms with Gasteiger partial charge in [-0.1, -0.05) is 50.1 Å². The third-order valence-electron chi connectivity index (χ3n) is 8.34. The van der Waals surface area contributed by atoms with E-state index in [4.69, 9.17) is 36.0 Å². The van der Waals surface area contributed by atoms with E-state index in [9.17, 15) is 0 Å². The number of benzene rings is 2. The molecule has 0 unspecified atom stereocenters. The average Bonchev–Trinajstić information content (AvgIpc) is 3.26. The number of halogens is 1. The number of thiophene rings is 1. The average molecular weight is 616 g/mol. The molecule has 1 N–H and O–H groups in total. The molecule has 0 amide bonds. The van der Waals surface area contributed by atoms with Gasteiger partial charge in [0, 0.05) is 53.6 Å². The van der Waals surface area contributed by atoms with Crippen LogP contribution in [0.25, 0.3) is 48.4 Å². The van der Waals surface area contributed by atoms with Crippen LogP contribution in [0, 0.1) is 5.92 Å². The first-order valence-electron chi connectivity index (χ1n) is 15.0. The van der Waals surface area contributed by atoms with Gasteiger partial charge in [-0.2, -0.15) is 9.97 Å². The fourth-order valence-corrected chi connectivity index (χ4v) is 7.53. The SMILES string of the molecule is CC/C(C)=C/c1c(NC)cc2ccc(Cl)c(CC)c2c1-c1nccc2c1sc1nc(OC)nc(N3CCOC[C@H](C)C3)c12. The van der Waals surface area contributed by atoms with E-state index in [1.165, 1.54) is 5.57 Å². The van der Waals surface area contributed by atoms with E-state index in [-0.39, 0.29) is 0 Å². The van der Waals surface area contributed by atoms with Gasteiger partial charge >= 0.3 is 6.01 Å². The van der Waals surface area contributed by atoms with Crippen molar-refractivity contribution in [1.82, 2.24) is 15.0 Å². The Morgan fingerprint density at radius 2 is 2.07 bits per heavy atom. The van der Waals surface area contributed by atoms with E-state index in [0.717, 1.165) is 103 Å². The molecule has 6 rings (SSSR count). The number of hydrogen-bond acceptors (Lipinski definition) is 8. The van der Waals surface area contributed by atoms with Crippen molar-refractivity contribution in [3.8, 4) is 17.3 Å². The molecule has 0 saturated carbocycles. The molecule has 1 saturated heterocycles. The molecule has 43 heavy (non-hydrogen) atoms. The van der Waals surface area contributed by atoms with Crippen LogP contribution >= 0.6 is 22.9 Å². The second kappa shape index (κ2) is 12.3. The predicted octanol–water partition coefficient (Wildman–Crippen LogP) is 8.61. The highest BCUT2D eigenvalue weighted by atomic mass is 35.5. The number of aromatic nitrogens is 3. The van der Waals surface area contributed by atoms with Gasteiger partial charge in [-0.25, -0.2) is 0 Å². The molecule has 9 heteroatoms. The molecular formula is C34H38ClN5O2S. The lowest BCUT2D eigenvalue weighted by Gasteiger charge is -2.24. The van der Waals surface area contributed by atoms with Gasteiger partial charge in [0.2, 0.25) is 0 Å². The highest BCUT2D eigenvalue weighted by Gasteiger charge is 2.26. The smallest absolute Gasteiger partial charge is 0.319 e. The number of nitrogens with zero attached hydrogens (tertiary/aromatic N) is 4. The fraction of sp³-hybridized carbons (Fsp3) is 0.382. The van der Waals surface area contributed by atoms with Gasteiger partial charge in [0.1, 0.15) is 10.6 Å². The number of aryl methyl sites for hydroxylation is 1. The second-order valence-corrected chi connectivity index (χ2v) is 12.7. The molecule has 5 aromatic rings. The van der Waals surface area contributed by atoms with Crippen molar-refractivity contribution in [2.75, 3.05) is 50.7 Å².